The third-order valence-electron chi connectivity index (χ3n) is 1.65. The van der Waals surface area contributed by atoms with Crippen LogP contribution in [0.3, 0.4) is 0 Å². The van der Waals surface area contributed by atoms with Crippen molar-refractivity contribution < 1.29 is 0 Å². The minimum Gasteiger partial charge on any atom is -0.394 e. The summed E-state index contributed by atoms with van der Waals surface area (Å²) in [5, 5.41) is 0. The summed E-state index contributed by atoms with van der Waals surface area (Å²) in [5.74, 6) is 0. The van der Waals surface area contributed by atoms with Gasteiger partial charge < -0.3 is 10.3 Å². The average molecular weight is 243 g/mol. The Kier molecular flexibility index (Phi) is 3.31. The molecule has 3 nitrogen and oxygen atoms in total. The van der Waals surface area contributed by atoms with Crippen molar-refractivity contribution in [3.63, 3.8) is 0 Å². The van der Waals surface area contributed by atoms with Gasteiger partial charge in [-0.25, -0.2) is 0 Å². The highest BCUT2D eigenvalue weighted by molar-refractivity contribution is 9.10. The van der Waals surface area contributed by atoms with Gasteiger partial charge in [0.25, 0.3) is 0 Å². The SMILES string of the molecule is C=CCCn1cc(N)c(=O)c(Br)c1. The molecule has 0 aliphatic rings. The van der Waals surface area contributed by atoms with Crippen LogP contribution >= 0.6 is 15.9 Å². The smallest absolute Gasteiger partial charge is 0.218 e. The number of nitrogens with zero attached hydrogens (tertiary/aromatic N) is 1. The van der Waals surface area contributed by atoms with Gasteiger partial charge in [-0.05, 0) is 22.4 Å². The maximum atomic E-state index is 11.2. The van der Waals surface area contributed by atoms with E-state index in [1.807, 2.05) is 10.6 Å². The molecule has 70 valence electrons. The summed E-state index contributed by atoms with van der Waals surface area (Å²) in [5.41, 5.74) is 5.61. The lowest BCUT2D eigenvalue weighted by atomic mass is 10.3. The number of pyridine rings is 1. The maximum Gasteiger partial charge on any atom is 0.218 e. The van der Waals surface area contributed by atoms with E-state index in [-0.39, 0.29) is 11.1 Å². The van der Waals surface area contributed by atoms with E-state index in [9.17, 15) is 4.79 Å². The Morgan fingerprint density at radius 1 is 1.62 bits per heavy atom. The molecule has 0 spiro atoms. The van der Waals surface area contributed by atoms with Crippen LogP contribution in [0.25, 0.3) is 0 Å². The number of rotatable bonds is 3. The number of halogens is 1. The van der Waals surface area contributed by atoms with Crippen LogP contribution in [-0.4, -0.2) is 4.57 Å². The van der Waals surface area contributed by atoms with Gasteiger partial charge in [-0.1, -0.05) is 6.08 Å². The van der Waals surface area contributed by atoms with Crippen molar-refractivity contribution in [1.29, 1.82) is 0 Å². The van der Waals surface area contributed by atoms with E-state index in [0.29, 0.717) is 4.47 Å². The number of aryl methyl sites for hydroxylation is 1. The van der Waals surface area contributed by atoms with E-state index in [0.717, 1.165) is 13.0 Å². The largest absolute Gasteiger partial charge is 0.394 e. The van der Waals surface area contributed by atoms with Crippen LogP contribution in [0.15, 0.2) is 34.3 Å². The third kappa shape index (κ3) is 2.45. The van der Waals surface area contributed by atoms with Gasteiger partial charge in [-0.2, -0.15) is 0 Å². The van der Waals surface area contributed by atoms with E-state index in [1.54, 1.807) is 12.4 Å². The molecule has 1 aromatic rings. The van der Waals surface area contributed by atoms with Gasteiger partial charge in [0.05, 0.1) is 10.2 Å². The zero-order valence-electron chi connectivity index (χ0n) is 7.16. The van der Waals surface area contributed by atoms with Crippen LogP contribution in [0.5, 0.6) is 0 Å². The lowest BCUT2D eigenvalue weighted by Crippen LogP contribution is -2.13. The standard InChI is InChI=1S/C9H11BrN2O/c1-2-3-4-12-5-7(10)9(13)8(11)6-12/h2,5-6H,1,3-4,11H2. The summed E-state index contributed by atoms with van der Waals surface area (Å²) in [7, 11) is 0. The van der Waals surface area contributed by atoms with Gasteiger partial charge in [0.2, 0.25) is 5.43 Å². The first kappa shape index (κ1) is 10.1. The molecular weight excluding hydrogens is 232 g/mol. The Hall–Kier alpha value is -1.03. The Morgan fingerprint density at radius 2 is 2.31 bits per heavy atom. The monoisotopic (exact) mass is 242 g/mol. The Balaban J connectivity index is 2.99. The topological polar surface area (TPSA) is 48.0 Å². The average Bonchev–Trinajstić information content (AvgIpc) is 2.10. The molecule has 0 saturated carbocycles. The first-order chi connectivity index (χ1) is 6.15. The number of hydrogen-bond donors (Lipinski definition) is 1. The molecule has 1 rings (SSSR count). The second-order valence-electron chi connectivity index (χ2n) is 2.71. The molecule has 0 radical (unpaired) electrons. The lowest BCUT2D eigenvalue weighted by Gasteiger charge is -2.05. The molecule has 4 heteroatoms. The zero-order chi connectivity index (χ0) is 9.84. The number of hydrogen-bond acceptors (Lipinski definition) is 2. The molecule has 0 amide bonds. The highest BCUT2D eigenvalue weighted by Gasteiger charge is 2.00. The fraction of sp³-hybridized carbons (Fsp3) is 0.222. The molecule has 0 aromatic carbocycles. The van der Waals surface area contributed by atoms with E-state index in [4.69, 9.17) is 5.73 Å². The van der Waals surface area contributed by atoms with Crippen LogP contribution < -0.4 is 11.2 Å². The Labute approximate surface area is 85.0 Å². The van der Waals surface area contributed by atoms with Crippen LogP contribution in [-0.2, 0) is 6.54 Å². The second kappa shape index (κ2) is 4.28. The summed E-state index contributed by atoms with van der Waals surface area (Å²) in [4.78, 5) is 11.2. The van der Waals surface area contributed by atoms with Crippen molar-refractivity contribution >= 4 is 21.6 Å². The Bertz CT molecular complexity index is 344. The zero-order valence-corrected chi connectivity index (χ0v) is 8.75. The predicted octanol–water partition coefficient (Wildman–Crippen LogP) is 1.77. The molecule has 1 aromatic heterocycles. The van der Waals surface area contributed by atoms with E-state index >= 15 is 0 Å². The molecule has 13 heavy (non-hydrogen) atoms. The van der Waals surface area contributed by atoms with Crippen molar-refractivity contribution in [1.82, 2.24) is 4.57 Å². The Morgan fingerprint density at radius 3 is 2.85 bits per heavy atom. The first-order valence-electron chi connectivity index (χ1n) is 3.91. The number of allylic oxidation sites excluding steroid dienone is 1. The van der Waals surface area contributed by atoms with Gasteiger partial charge in [-0.15, -0.1) is 6.58 Å². The molecule has 0 bridgehead atoms. The molecular formula is C9H11BrN2O. The molecule has 0 saturated heterocycles. The quantitative estimate of drug-likeness (QED) is 0.822. The fourth-order valence-corrected chi connectivity index (χ4v) is 1.48. The molecule has 1 heterocycles. The normalized spacial score (nSPS) is 9.92. The number of anilines is 1. The number of nitrogens with two attached hydrogens (primary N) is 1. The van der Waals surface area contributed by atoms with E-state index in [1.165, 1.54) is 0 Å². The summed E-state index contributed by atoms with van der Waals surface area (Å²) in [6.07, 6.45) is 6.04. The van der Waals surface area contributed by atoms with Crippen molar-refractivity contribution in [3.8, 4) is 0 Å². The number of nitrogen functional groups attached to an aromatic ring is 1. The minimum absolute atomic E-state index is 0.158. The summed E-state index contributed by atoms with van der Waals surface area (Å²) < 4.78 is 2.36. The van der Waals surface area contributed by atoms with Crippen LogP contribution in [0, 0.1) is 0 Å². The fourth-order valence-electron chi connectivity index (χ4n) is 0.986. The van der Waals surface area contributed by atoms with E-state index in [2.05, 4.69) is 22.5 Å². The first-order valence-corrected chi connectivity index (χ1v) is 4.70. The second-order valence-corrected chi connectivity index (χ2v) is 3.56. The summed E-state index contributed by atoms with van der Waals surface area (Å²) in [6.45, 7) is 4.40. The van der Waals surface area contributed by atoms with E-state index < -0.39 is 0 Å². The summed E-state index contributed by atoms with van der Waals surface area (Å²) in [6, 6.07) is 0. The molecule has 0 unspecified atom stereocenters. The van der Waals surface area contributed by atoms with Crippen molar-refractivity contribution in [3.05, 3.63) is 39.7 Å². The lowest BCUT2D eigenvalue weighted by molar-refractivity contribution is 0.703. The van der Waals surface area contributed by atoms with Crippen LogP contribution in [0.2, 0.25) is 0 Å². The van der Waals surface area contributed by atoms with Gasteiger partial charge in [0, 0.05) is 18.9 Å². The van der Waals surface area contributed by atoms with Crippen molar-refractivity contribution in [2.75, 3.05) is 5.73 Å². The van der Waals surface area contributed by atoms with Crippen LogP contribution in [0.4, 0.5) is 5.69 Å². The highest BCUT2D eigenvalue weighted by Crippen LogP contribution is 2.06. The molecule has 0 fully saturated rings. The molecule has 0 atom stereocenters. The van der Waals surface area contributed by atoms with Crippen molar-refractivity contribution in [2.45, 2.75) is 13.0 Å². The van der Waals surface area contributed by atoms with Gasteiger partial charge in [-0.3, -0.25) is 4.79 Å². The summed E-state index contributed by atoms with van der Waals surface area (Å²) >= 11 is 3.15. The molecule has 0 aliphatic carbocycles. The highest BCUT2D eigenvalue weighted by atomic mass is 79.9. The van der Waals surface area contributed by atoms with Gasteiger partial charge >= 0.3 is 0 Å². The number of aromatic nitrogens is 1. The molecule has 2 N–H and O–H groups in total. The van der Waals surface area contributed by atoms with Crippen LogP contribution in [0.1, 0.15) is 6.42 Å². The maximum absolute atomic E-state index is 11.2. The predicted molar refractivity (Wildman–Crippen MR) is 57.6 cm³/mol. The third-order valence-corrected chi connectivity index (χ3v) is 2.22. The minimum atomic E-state index is -0.158. The van der Waals surface area contributed by atoms with Crippen molar-refractivity contribution in [2.24, 2.45) is 0 Å². The van der Waals surface area contributed by atoms with Gasteiger partial charge in [0.1, 0.15) is 0 Å². The van der Waals surface area contributed by atoms with Gasteiger partial charge in [0.15, 0.2) is 0 Å². The molecule has 0 aliphatic heterocycles.